The number of imide groups is 2. The summed E-state index contributed by atoms with van der Waals surface area (Å²) >= 11 is 15.8. The maximum Gasteiger partial charge on any atom is 0.305 e. The van der Waals surface area contributed by atoms with Gasteiger partial charge in [0.25, 0.3) is 11.8 Å². The number of carboxylic acids is 1. The number of allylic oxidation sites excluding steroid dienone is 2. The molecule has 48 heavy (non-hydrogen) atoms. The van der Waals surface area contributed by atoms with Gasteiger partial charge in [0.15, 0.2) is 44.5 Å². The molecule has 0 aromatic heterocycles. The lowest BCUT2D eigenvalue weighted by Gasteiger charge is -2.50. The lowest BCUT2D eigenvalue weighted by Crippen LogP contribution is -2.60. The molecule has 2 aromatic carbocycles. The molecule has 0 radical (unpaired) electrons. The van der Waals surface area contributed by atoms with Crippen molar-refractivity contribution < 1.29 is 60.9 Å². The van der Waals surface area contributed by atoms with Crippen LogP contribution in [-0.4, -0.2) is 68.1 Å². The quantitative estimate of drug-likeness (QED) is 0.0810. The summed E-state index contributed by atoms with van der Waals surface area (Å²) in [7, 11) is 1.20. The van der Waals surface area contributed by atoms with Crippen LogP contribution in [0.4, 0.5) is 27.6 Å². The summed E-state index contributed by atoms with van der Waals surface area (Å²) in [6, 6.07) is 2.57. The number of carboxylic acid groups (broad SMARTS) is 1. The number of aliphatic carboxylic acids is 1. The second-order valence-electron chi connectivity index (χ2n) is 11.7. The fourth-order valence-corrected chi connectivity index (χ4v) is 8.91. The number of hydrogen-bond acceptors (Lipinski definition) is 7. The van der Waals surface area contributed by atoms with Gasteiger partial charge in [-0.3, -0.25) is 28.9 Å². The van der Waals surface area contributed by atoms with Crippen molar-refractivity contribution in [3.63, 3.8) is 0 Å². The number of halogens is 8. The van der Waals surface area contributed by atoms with Gasteiger partial charge in [-0.25, -0.2) is 26.9 Å². The summed E-state index contributed by atoms with van der Waals surface area (Å²) < 4.78 is 78.4. The van der Waals surface area contributed by atoms with E-state index in [1.54, 1.807) is 22.6 Å². The van der Waals surface area contributed by atoms with E-state index in [-0.39, 0.29) is 37.5 Å². The van der Waals surface area contributed by atoms with Crippen LogP contribution in [0.5, 0.6) is 11.5 Å². The van der Waals surface area contributed by atoms with Crippen molar-refractivity contribution >= 4 is 81.1 Å². The first-order chi connectivity index (χ1) is 22.4. The zero-order chi connectivity index (χ0) is 35.4. The Hall–Kier alpha value is -3.51. The van der Waals surface area contributed by atoms with E-state index in [0.717, 1.165) is 4.90 Å². The lowest BCUT2D eigenvalue weighted by atomic mass is 9.56. The van der Waals surface area contributed by atoms with E-state index in [2.05, 4.69) is 0 Å². The van der Waals surface area contributed by atoms with Gasteiger partial charge in [0, 0.05) is 12.5 Å². The minimum absolute atomic E-state index is 0.0448. The van der Waals surface area contributed by atoms with Crippen LogP contribution >= 0.6 is 45.8 Å². The van der Waals surface area contributed by atoms with Gasteiger partial charge < -0.3 is 14.9 Å². The van der Waals surface area contributed by atoms with E-state index in [1.165, 1.54) is 25.3 Å². The van der Waals surface area contributed by atoms with E-state index in [1.807, 2.05) is 0 Å². The van der Waals surface area contributed by atoms with Gasteiger partial charge in [-0.2, -0.15) is 0 Å². The Morgan fingerprint density at radius 3 is 2.17 bits per heavy atom. The molecule has 4 aliphatic rings. The zero-order valence-electron chi connectivity index (χ0n) is 24.1. The number of fused-ring (bicyclic) bond motifs is 4. The third-order valence-corrected chi connectivity index (χ3v) is 11.7. The summed E-state index contributed by atoms with van der Waals surface area (Å²) in [5.74, 6) is -24.0. The number of aromatic hydroxyl groups is 1. The molecule has 0 unspecified atom stereocenters. The number of alkyl halides is 2. The number of phenolic OH excluding ortho intramolecular Hbond substituents is 1. The van der Waals surface area contributed by atoms with Crippen molar-refractivity contribution in [2.45, 2.75) is 34.9 Å². The number of benzene rings is 2. The maximum atomic E-state index is 15.1. The number of nitrogens with zero attached hydrogens (tertiary/aromatic N) is 2. The highest BCUT2D eigenvalue weighted by Crippen LogP contribution is 2.66. The Morgan fingerprint density at radius 1 is 0.979 bits per heavy atom. The molecule has 2 saturated heterocycles. The van der Waals surface area contributed by atoms with Crippen molar-refractivity contribution in [2.24, 2.45) is 17.8 Å². The molecule has 1 saturated carbocycles. The van der Waals surface area contributed by atoms with Gasteiger partial charge in [-0.1, -0.05) is 11.6 Å². The van der Waals surface area contributed by atoms with Crippen molar-refractivity contribution in [2.75, 3.05) is 18.6 Å². The molecule has 2 heterocycles. The number of ether oxygens (including phenoxy) is 1. The fourth-order valence-electron chi connectivity index (χ4n) is 7.35. The molecule has 4 amide bonds. The maximum absolute atomic E-state index is 15.1. The molecule has 2 aliphatic heterocycles. The average molecular weight is 829 g/mol. The van der Waals surface area contributed by atoms with Crippen LogP contribution in [0.1, 0.15) is 30.7 Å². The highest BCUT2D eigenvalue weighted by Gasteiger charge is 2.77. The van der Waals surface area contributed by atoms with Gasteiger partial charge in [0.05, 0.1) is 28.9 Å². The first kappa shape index (κ1) is 34.4. The fraction of sp³-hybridized carbons (Fsp3) is 0.367. The van der Waals surface area contributed by atoms with Gasteiger partial charge in [-0.15, -0.1) is 23.2 Å². The predicted molar refractivity (Wildman–Crippen MR) is 163 cm³/mol. The van der Waals surface area contributed by atoms with Gasteiger partial charge in [0.2, 0.25) is 17.6 Å². The molecule has 2 aromatic rings. The number of likely N-dealkylation sites (tertiary alicyclic amines) is 1. The van der Waals surface area contributed by atoms with E-state index in [9.17, 15) is 42.3 Å². The average Bonchev–Trinajstić information content (AvgIpc) is 3.37. The molecule has 18 heteroatoms. The largest absolute Gasteiger partial charge is 0.504 e. The van der Waals surface area contributed by atoms with Crippen molar-refractivity contribution in [1.82, 2.24) is 4.90 Å². The normalized spacial score (nSPS) is 29.6. The summed E-state index contributed by atoms with van der Waals surface area (Å²) in [5, 5.41) is 19.7. The minimum Gasteiger partial charge on any atom is -0.504 e. The van der Waals surface area contributed by atoms with Crippen LogP contribution in [0, 0.1) is 50.4 Å². The molecule has 0 spiro atoms. The summed E-state index contributed by atoms with van der Waals surface area (Å²) in [6.07, 6.45) is 0.105. The number of carbonyl (C=O) groups is 5. The van der Waals surface area contributed by atoms with Gasteiger partial charge in [-0.05, 0) is 59.0 Å². The highest BCUT2D eigenvalue weighted by atomic mass is 127. The molecule has 0 bridgehead atoms. The van der Waals surface area contributed by atoms with Crippen molar-refractivity contribution in [3.05, 3.63) is 62.0 Å². The van der Waals surface area contributed by atoms with Crippen molar-refractivity contribution in [1.29, 1.82) is 0 Å². The first-order valence-corrected chi connectivity index (χ1v) is 15.9. The second kappa shape index (κ2) is 11.5. The summed E-state index contributed by atoms with van der Waals surface area (Å²) in [4.78, 5) is 61.8. The number of amides is 4. The van der Waals surface area contributed by atoms with Crippen LogP contribution in [0.15, 0.2) is 23.8 Å². The standard InChI is InChI=1S/C30H20Cl2F5IN2O8/c1-48-14-7-9(6-13(38)24(14)43)17-10-2-3-11-16(26(45)39(25(11)44)5-4-15(41)42)12(10)8-29(31)27(46)40(28(47)30(17,29)32)23-21(36)19(34)18(33)20(35)22(23)37/h2,6-7,11-12,16-17,43H,3-5,8H2,1H3,(H,41,42)/t11-,12+,16-,17-,29+,30-/m0/s1. The molecule has 2 N–H and O–H groups in total. The summed E-state index contributed by atoms with van der Waals surface area (Å²) in [6.45, 7) is -0.463. The lowest BCUT2D eigenvalue weighted by molar-refractivity contribution is -0.142. The van der Waals surface area contributed by atoms with E-state index >= 15 is 8.78 Å². The third kappa shape index (κ3) is 4.43. The molecule has 3 fully saturated rings. The molecular formula is C30H20Cl2F5IN2O8. The molecule has 6 rings (SSSR count). The molecular weight excluding hydrogens is 809 g/mol. The van der Waals surface area contributed by atoms with E-state index in [4.69, 9.17) is 33.0 Å². The zero-order valence-corrected chi connectivity index (χ0v) is 27.8. The monoisotopic (exact) mass is 828 g/mol. The van der Waals surface area contributed by atoms with Gasteiger partial charge >= 0.3 is 5.97 Å². The number of carbonyl (C=O) groups excluding carboxylic acids is 4. The number of hydrogen-bond donors (Lipinski definition) is 2. The Bertz CT molecular complexity index is 1890. The second-order valence-corrected chi connectivity index (χ2v) is 14.1. The number of methoxy groups -OCH3 is 1. The van der Waals surface area contributed by atoms with E-state index < -0.39 is 117 Å². The van der Waals surface area contributed by atoms with Crippen LogP contribution in [0.25, 0.3) is 0 Å². The summed E-state index contributed by atoms with van der Waals surface area (Å²) in [5.41, 5.74) is -1.68. The Kier molecular flexibility index (Phi) is 8.26. The third-order valence-electron chi connectivity index (χ3n) is 9.47. The SMILES string of the molecule is COc1cc([C@H]2C3=CC[C@@H]4C(=O)N(CCC(=O)O)C(=O)[C@@H]4[C@@H]3C[C@@]3(Cl)C(=O)N(c4c(F)c(F)c(F)c(F)c4F)C(=O)[C@@]23Cl)cc(I)c1O. The van der Waals surface area contributed by atoms with Crippen LogP contribution in [0.3, 0.4) is 0 Å². The molecule has 6 atom stereocenters. The van der Waals surface area contributed by atoms with Gasteiger partial charge in [0.1, 0.15) is 5.69 Å². The topological polar surface area (TPSA) is 142 Å². The Labute approximate surface area is 290 Å². The molecule has 2 aliphatic carbocycles. The Morgan fingerprint density at radius 2 is 1.58 bits per heavy atom. The number of anilines is 1. The smallest absolute Gasteiger partial charge is 0.305 e. The van der Waals surface area contributed by atoms with E-state index in [0.29, 0.717) is 0 Å². The number of rotatable bonds is 6. The van der Waals surface area contributed by atoms with Crippen LogP contribution < -0.4 is 9.64 Å². The van der Waals surface area contributed by atoms with Crippen LogP contribution in [0.2, 0.25) is 0 Å². The van der Waals surface area contributed by atoms with Crippen molar-refractivity contribution in [3.8, 4) is 11.5 Å². The highest BCUT2D eigenvalue weighted by molar-refractivity contribution is 14.1. The number of phenols is 1. The molecule has 254 valence electrons. The molecule has 10 nitrogen and oxygen atoms in total. The first-order valence-electron chi connectivity index (χ1n) is 14.1. The Balaban J connectivity index is 1.59. The minimum atomic E-state index is -2.75. The predicted octanol–water partition coefficient (Wildman–Crippen LogP) is 4.74. The van der Waals surface area contributed by atoms with Crippen LogP contribution in [-0.2, 0) is 24.0 Å².